The highest BCUT2D eigenvalue weighted by Crippen LogP contribution is 2.37. The molecule has 0 unspecified atom stereocenters. The summed E-state index contributed by atoms with van der Waals surface area (Å²) in [7, 11) is 3.07. The summed E-state index contributed by atoms with van der Waals surface area (Å²) in [6.45, 7) is 0. The molecule has 140 valence electrons. The van der Waals surface area contributed by atoms with E-state index in [0.29, 0.717) is 27.2 Å². The van der Waals surface area contributed by atoms with Crippen molar-refractivity contribution in [2.75, 3.05) is 19.5 Å². The van der Waals surface area contributed by atoms with E-state index >= 15 is 0 Å². The molecule has 0 fully saturated rings. The van der Waals surface area contributed by atoms with Gasteiger partial charge in [0.25, 0.3) is 5.91 Å². The number of hydrogen-bond acceptors (Lipinski definition) is 4. The number of ether oxygens (including phenoxy) is 2. The minimum absolute atomic E-state index is 0.118. The highest BCUT2D eigenvalue weighted by Gasteiger charge is 2.29. The average Bonchev–Trinajstić information content (AvgIpc) is 2.69. The lowest BCUT2D eigenvalue weighted by Gasteiger charge is -2.24. The van der Waals surface area contributed by atoms with Crippen LogP contribution in [-0.2, 0) is 9.59 Å². The molecule has 0 saturated carbocycles. The van der Waals surface area contributed by atoms with E-state index in [2.05, 4.69) is 26.6 Å². The standard InChI is InChI=1S/C20H19BrN2O4/c1-26-17-9-15(21)16(10-18(17)27-2)23-20(25)14-11-22-19(24)8-13(14)12-6-4-3-5-7-12/h3-7,9-11,13H,8H2,1-2H3,(H,22,24)(H,23,25)/t13-/m1/s1. The van der Waals surface area contributed by atoms with E-state index in [0.717, 1.165) is 5.56 Å². The van der Waals surface area contributed by atoms with Gasteiger partial charge in [0.15, 0.2) is 11.5 Å². The molecule has 3 rings (SSSR count). The van der Waals surface area contributed by atoms with Gasteiger partial charge in [-0.1, -0.05) is 30.3 Å². The van der Waals surface area contributed by atoms with Gasteiger partial charge in [0, 0.05) is 40.7 Å². The molecule has 6 nitrogen and oxygen atoms in total. The third kappa shape index (κ3) is 4.14. The van der Waals surface area contributed by atoms with Crippen LogP contribution in [-0.4, -0.2) is 26.0 Å². The fourth-order valence-corrected chi connectivity index (χ4v) is 3.39. The molecule has 1 aliphatic heterocycles. The van der Waals surface area contributed by atoms with Crippen LogP contribution in [0.1, 0.15) is 17.9 Å². The van der Waals surface area contributed by atoms with Crippen molar-refractivity contribution < 1.29 is 19.1 Å². The maximum Gasteiger partial charge on any atom is 0.253 e. The van der Waals surface area contributed by atoms with Gasteiger partial charge in [0.1, 0.15) is 0 Å². The quantitative estimate of drug-likeness (QED) is 0.759. The second-order valence-electron chi connectivity index (χ2n) is 5.98. The van der Waals surface area contributed by atoms with Crippen LogP contribution in [0.4, 0.5) is 5.69 Å². The lowest BCUT2D eigenvalue weighted by Crippen LogP contribution is -2.32. The van der Waals surface area contributed by atoms with Crippen LogP contribution in [0.5, 0.6) is 11.5 Å². The number of carbonyl (C=O) groups is 2. The first kappa shape index (κ1) is 19.0. The Balaban J connectivity index is 1.89. The van der Waals surface area contributed by atoms with E-state index in [9.17, 15) is 9.59 Å². The smallest absolute Gasteiger partial charge is 0.253 e. The Morgan fingerprint density at radius 2 is 1.81 bits per heavy atom. The van der Waals surface area contributed by atoms with Gasteiger partial charge in [-0.2, -0.15) is 0 Å². The Morgan fingerprint density at radius 1 is 1.15 bits per heavy atom. The molecular weight excluding hydrogens is 412 g/mol. The molecule has 2 aromatic carbocycles. The third-order valence-electron chi connectivity index (χ3n) is 4.34. The fourth-order valence-electron chi connectivity index (χ4n) is 2.96. The Morgan fingerprint density at radius 3 is 2.48 bits per heavy atom. The zero-order chi connectivity index (χ0) is 19.4. The normalized spacial score (nSPS) is 16.2. The minimum Gasteiger partial charge on any atom is -0.493 e. The Labute approximate surface area is 165 Å². The van der Waals surface area contributed by atoms with Crippen molar-refractivity contribution >= 4 is 33.4 Å². The lowest BCUT2D eigenvalue weighted by molar-refractivity contribution is -0.121. The van der Waals surface area contributed by atoms with Crippen LogP contribution in [0.3, 0.4) is 0 Å². The van der Waals surface area contributed by atoms with Gasteiger partial charge in [0.2, 0.25) is 5.91 Å². The Hall–Kier alpha value is -2.80. The van der Waals surface area contributed by atoms with Crippen molar-refractivity contribution in [1.29, 1.82) is 0 Å². The third-order valence-corrected chi connectivity index (χ3v) is 5.00. The number of carbonyl (C=O) groups excluding carboxylic acids is 2. The molecule has 0 aromatic heterocycles. The van der Waals surface area contributed by atoms with E-state index in [-0.39, 0.29) is 24.2 Å². The van der Waals surface area contributed by atoms with Gasteiger partial charge in [-0.15, -0.1) is 0 Å². The molecule has 0 radical (unpaired) electrons. The first-order valence-electron chi connectivity index (χ1n) is 8.30. The van der Waals surface area contributed by atoms with Crippen LogP contribution in [0, 0.1) is 0 Å². The second-order valence-corrected chi connectivity index (χ2v) is 6.83. The van der Waals surface area contributed by atoms with Gasteiger partial charge >= 0.3 is 0 Å². The van der Waals surface area contributed by atoms with Crippen molar-refractivity contribution in [2.24, 2.45) is 0 Å². The number of rotatable bonds is 5. The summed E-state index contributed by atoms with van der Waals surface area (Å²) < 4.78 is 11.2. The van der Waals surface area contributed by atoms with Crippen molar-refractivity contribution in [3.63, 3.8) is 0 Å². The second kappa shape index (κ2) is 8.26. The number of amides is 2. The predicted molar refractivity (Wildman–Crippen MR) is 106 cm³/mol. The molecular formula is C20H19BrN2O4. The van der Waals surface area contributed by atoms with Crippen molar-refractivity contribution in [1.82, 2.24) is 5.32 Å². The summed E-state index contributed by atoms with van der Waals surface area (Å²) in [5.41, 5.74) is 1.95. The number of halogens is 1. The van der Waals surface area contributed by atoms with Crippen molar-refractivity contribution in [3.05, 3.63) is 64.3 Å². The molecule has 7 heteroatoms. The maximum atomic E-state index is 12.9. The Bertz CT molecular complexity index is 896. The highest BCUT2D eigenvalue weighted by atomic mass is 79.9. The molecule has 27 heavy (non-hydrogen) atoms. The van der Waals surface area contributed by atoms with E-state index in [1.54, 1.807) is 19.2 Å². The molecule has 1 atom stereocenters. The van der Waals surface area contributed by atoms with Crippen LogP contribution >= 0.6 is 15.9 Å². The molecule has 2 amide bonds. The molecule has 1 heterocycles. The lowest BCUT2D eigenvalue weighted by atomic mass is 9.86. The Kier molecular flexibility index (Phi) is 5.81. The van der Waals surface area contributed by atoms with E-state index in [4.69, 9.17) is 9.47 Å². The number of nitrogens with one attached hydrogen (secondary N) is 2. The first-order valence-corrected chi connectivity index (χ1v) is 9.10. The summed E-state index contributed by atoms with van der Waals surface area (Å²) in [6, 6.07) is 12.9. The number of anilines is 1. The molecule has 1 aliphatic rings. The van der Waals surface area contributed by atoms with Gasteiger partial charge in [-0.3, -0.25) is 9.59 Å². The van der Waals surface area contributed by atoms with Gasteiger partial charge in [-0.25, -0.2) is 0 Å². The van der Waals surface area contributed by atoms with Crippen LogP contribution in [0.2, 0.25) is 0 Å². The summed E-state index contributed by atoms with van der Waals surface area (Å²) in [5, 5.41) is 5.52. The highest BCUT2D eigenvalue weighted by molar-refractivity contribution is 9.10. The number of methoxy groups -OCH3 is 2. The summed E-state index contributed by atoms with van der Waals surface area (Å²) in [4.78, 5) is 24.8. The van der Waals surface area contributed by atoms with E-state index in [1.165, 1.54) is 13.3 Å². The van der Waals surface area contributed by atoms with Crippen molar-refractivity contribution in [3.8, 4) is 11.5 Å². The van der Waals surface area contributed by atoms with Crippen molar-refractivity contribution in [2.45, 2.75) is 12.3 Å². The molecule has 0 spiro atoms. The predicted octanol–water partition coefficient (Wildman–Crippen LogP) is 3.59. The summed E-state index contributed by atoms with van der Waals surface area (Å²) in [5.74, 6) is 0.332. The number of hydrogen-bond donors (Lipinski definition) is 2. The summed E-state index contributed by atoms with van der Waals surface area (Å²) >= 11 is 3.43. The molecule has 2 N–H and O–H groups in total. The average molecular weight is 431 g/mol. The molecule has 2 aromatic rings. The number of benzene rings is 2. The zero-order valence-electron chi connectivity index (χ0n) is 14.9. The van der Waals surface area contributed by atoms with E-state index < -0.39 is 0 Å². The molecule has 0 aliphatic carbocycles. The zero-order valence-corrected chi connectivity index (χ0v) is 16.5. The topological polar surface area (TPSA) is 76.7 Å². The summed E-state index contributed by atoms with van der Waals surface area (Å²) in [6.07, 6.45) is 1.70. The SMILES string of the molecule is COc1cc(Br)c(NC(=O)C2=CNC(=O)C[C@@H]2c2ccccc2)cc1OC. The van der Waals surface area contributed by atoms with Gasteiger partial charge in [-0.05, 0) is 21.5 Å². The fraction of sp³-hybridized carbons (Fsp3) is 0.200. The van der Waals surface area contributed by atoms with Gasteiger partial charge < -0.3 is 20.1 Å². The maximum absolute atomic E-state index is 12.9. The monoisotopic (exact) mass is 430 g/mol. The van der Waals surface area contributed by atoms with E-state index in [1.807, 2.05) is 30.3 Å². The molecule has 0 saturated heterocycles. The van der Waals surface area contributed by atoms with Crippen LogP contribution in [0.25, 0.3) is 0 Å². The molecule has 0 bridgehead atoms. The largest absolute Gasteiger partial charge is 0.493 e. The van der Waals surface area contributed by atoms with Crippen LogP contribution in [0.15, 0.2) is 58.7 Å². The first-order chi connectivity index (χ1) is 13.0. The minimum atomic E-state index is -0.307. The van der Waals surface area contributed by atoms with Crippen LogP contribution < -0.4 is 20.1 Å². The van der Waals surface area contributed by atoms with Gasteiger partial charge in [0.05, 0.1) is 19.9 Å².